The molecule has 0 amide bonds. The van der Waals surface area contributed by atoms with E-state index in [9.17, 15) is 9.59 Å². The fraction of sp³-hybridized carbons (Fsp3) is 0.333. The van der Waals surface area contributed by atoms with Crippen molar-refractivity contribution in [2.45, 2.75) is 37.9 Å². The Balaban J connectivity index is 1.55. The van der Waals surface area contributed by atoms with E-state index in [4.69, 9.17) is 4.74 Å². The highest BCUT2D eigenvalue weighted by Crippen LogP contribution is 2.30. The number of rotatable bonds is 7. The maximum absolute atomic E-state index is 12.8. The number of methoxy groups -OCH3 is 1. The number of fused-ring (bicyclic) bond motifs is 1. The number of para-hydroxylation sites is 1. The molecule has 1 fully saturated rings. The van der Waals surface area contributed by atoms with Gasteiger partial charge < -0.3 is 15.0 Å². The minimum absolute atomic E-state index is 0.112. The predicted octanol–water partition coefficient (Wildman–Crippen LogP) is 3.91. The largest absolute Gasteiger partial charge is 0.465 e. The van der Waals surface area contributed by atoms with Crippen molar-refractivity contribution in [3.05, 3.63) is 46.8 Å². The van der Waals surface area contributed by atoms with Gasteiger partial charge in [-0.25, -0.2) is 14.8 Å². The Morgan fingerprint density at radius 1 is 1.24 bits per heavy atom. The van der Waals surface area contributed by atoms with Crippen LogP contribution in [0.5, 0.6) is 0 Å². The highest BCUT2D eigenvalue weighted by atomic mass is 32.2. The molecular formula is C21H22N4O3S. The fourth-order valence-corrected chi connectivity index (χ4v) is 4.01. The molecule has 1 aromatic carbocycles. The number of anilines is 1. The van der Waals surface area contributed by atoms with Crippen molar-refractivity contribution in [1.29, 1.82) is 0 Å². The number of carbonyl (C=O) groups is 2. The van der Waals surface area contributed by atoms with Crippen LogP contribution >= 0.6 is 11.8 Å². The first kappa shape index (κ1) is 19.4. The van der Waals surface area contributed by atoms with Crippen molar-refractivity contribution in [2.24, 2.45) is 0 Å². The lowest BCUT2D eigenvalue weighted by atomic mass is 10.1. The Morgan fingerprint density at radius 3 is 2.72 bits per heavy atom. The van der Waals surface area contributed by atoms with E-state index in [0.29, 0.717) is 33.7 Å². The highest BCUT2D eigenvalue weighted by molar-refractivity contribution is 7.99. The van der Waals surface area contributed by atoms with Gasteiger partial charge in [-0.1, -0.05) is 23.9 Å². The number of Topliss-reactive ketones (excluding diaryl/α,β-unsaturated/α-hetero) is 1. The summed E-state index contributed by atoms with van der Waals surface area (Å²) in [6, 6.07) is 8.32. The van der Waals surface area contributed by atoms with Gasteiger partial charge in [0, 0.05) is 17.1 Å². The van der Waals surface area contributed by atoms with Crippen LogP contribution in [0.1, 0.15) is 44.9 Å². The second-order valence-electron chi connectivity index (χ2n) is 7.12. The smallest absolute Gasteiger partial charge is 0.339 e. The number of thioether (sulfide) groups is 1. The van der Waals surface area contributed by atoms with Crippen LogP contribution in [0.4, 0.5) is 5.82 Å². The Hall–Kier alpha value is -2.87. The lowest BCUT2D eigenvalue weighted by Gasteiger charge is -2.09. The second kappa shape index (κ2) is 7.87. The minimum Gasteiger partial charge on any atom is -0.465 e. The van der Waals surface area contributed by atoms with Crippen LogP contribution in [0, 0.1) is 13.8 Å². The molecule has 0 bridgehead atoms. The Bertz CT molecular complexity index is 1100. The molecule has 4 rings (SSSR count). The number of nitrogens with one attached hydrogen (secondary N) is 2. The molecule has 2 heterocycles. The van der Waals surface area contributed by atoms with Crippen molar-refractivity contribution in [3.63, 3.8) is 0 Å². The highest BCUT2D eigenvalue weighted by Gasteiger charge is 2.24. The number of hydrogen-bond acceptors (Lipinski definition) is 7. The van der Waals surface area contributed by atoms with Gasteiger partial charge in [0.05, 0.1) is 29.6 Å². The van der Waals surface area contributed by atoms with Crippen LogP contribution in [-0.4, -0.2) is 45.6 Å². The summed E-state index contributed by atoms with van der Waals surface area (Å²) in [6.07, 6.45) is 2.29. The first-order chi connectivity index (χ1) is 14.0. The van der Waals surface area contributed by atoms with E-state index in [1.54, 1.807) is 13.8 Å². The SMILES string of the molecule is COC(=O)c1c(C)[nH]c(C(=O)CSc2nc(NC3CC3)c3ccccc3n2)c1C. The molecule has 0 saturated heterocycles. The van der Waals surface area contributed by atoms with Crippen molar-refractivity contribution in [1.82, 2.24) is 15.0 Å². The lowest BCUT2D eigenvalue weighted by molar-refractivity contribution is 0.0599. The lowest BCUT2D eigenvalue weighted by Crippen LogP contribution is -2.08. The zero-order chi connectivity index (χ0) is 20.5. The Labute approximate surface area is 172 Å². The van der Waals surface area contributed by atoms with E-state index in [1.165, 1.54) is 18.9 Å². The van der Waals surface area contributed by atoms with Gasteiger partial charge in [-0.05, 0) is 44.4 Å². The zero-order valence-corrected chi connectivity index (χ0v) is 17.4. The topological polar surface area (TPSA) is 97.0 Å². The van der Waals surface area contributed by atoms with Crippen LogP contribution in [-0.2, 0) is 4.74 Å². The van der Waals surface area contributed by atoms with Crippen LogP contribution in [0.25, 0.3) is 10.9 Å². The monoisotopic (exact) mass is 410 g/mol. The number of nitrogens with zero attached hydrogens (tertiary/aromatic N) is 2. The summed E-state index contributed by atoms with van der Waals surface area (Å²) >= 11 is 1.29. The summed E-state index contributed by atoms with van der Waals surface area (Å²) in [4.78, 5) is 37.0. The first-order valence-electron chi connectivity index (χ1n) is 9.44. The van der Waals surface area contributed by atoms with E-state index in [1.807, 2.05) is 24.3 Å². The molecule has 3 aromatic rings. The van der Waals surface area contributed by atoms with E-state index in [-0.39, 0.29) is 11.5 Å². The van der Waals surface area contributed by atoms with Crippen molar-refractivity contribution in [2.75, 3.05) is 18.2 Å². The van der Waals surface area contributed by atoms with Crippen molar-refractivity contribution in [3.8, 4) is 0 Å². The summed E-state index contributed by atoms with van der Waals surface area (Å²) < 4.78 is 4.81. The van der Waals surface area contributed by atoms with Gasteiger partial charge in [0.25, 0.3) is 0 Å². The number of esters is 1. The van der Waals surface area contributed by atoms with E-state index < -0.39 is 5.97 Å². The third kappa shape index (κ3) is 3.98. The van der Waals surface area contributed by atoms with E-state index >= 15 is 0 Å². The summed E-state index contributed by atoms with van der Waals surface area (Å²) in [6.45, 7) is 3.50. The molecule has 7 nitrogen and oxygen atoms in total. The molecule has 2 N–H and O–H groups in total. The van der Waals surface area contributed by atoms with Gasteiger partial charge in [-0.3, -0.25) is 4.79 Å². The molecule has 2 aromatic heterocycles. The first-order valence-corrected chi connectivity index (χ1v) is 10.4. The molecule has 0 unspecified atom stereocenters. The van der Waals surface area contributed by atoms with Crippen molar-refractivity contribution < 1.29 is 14.3 Å². The predicted molar refractivity (Wildman–Crippen MR) is 113 cm³/mol. The number of hydrogen-bond donors (Lipinski definition) is 2. The van der Waals surface area contributed by atoms with Gasteiger partial charge in [0.2, 0.25) is 0 Å². The maximum atomic E-state index is 12.8. The maximum Gasteiger partial charge on any atom is 0.339 e. The summed E-state index contributed by atoms with van der Waals surface area (Å²) in [5.74, 6) is 0.423. The molecule has 1 aliphatic rings. The number of carbonyl (C=O) groups excluding carboxylic acids is 2. The molecule has 0 spiro atoms. The third-order valence-corrected chi connectivity index (χ3v) is 5.79. The number of aryl methyl sites for hydroxylation is 1. The van der Waals surface area contributed by atoms with E-state index in [0.717, 1.165) is 29.6 Å². The van der Waals surface area contributed by atoms with Crippen LogP contribution in [0.3, 0.4) is 0 Å². The number of ketones is 1. The van der Waals surface area contributed by atoms with Gasteiger partial charge in [0.1, 0.15) is 5.82 Å². The Morgan fingerprint density at radius 2 is 2.00 bits per heavy atom. The van der Waals surface area contributed by atoms with Gasteiger partial charge in [-0.15, -0.1) is 0 Å². The van der Waals surface area contributed by atoms with Gasteiger partial charge in [-0.2, -0.15) is 0 Å². The summed E-state index contributed by atoms with van der Waals surface area (Å²) in [5.41, 5.74) is 2.92. The standard InChI is InChI=1S/C21H22N4O3S/c1-11-17(20(27)28-3)12(2)22-18(11)16(26)10-29-21-24-15-7-5-4-6-14(15)19(25-21)23-13-8-9-13/h4-7,13,22H,8-10H2,1-3H3,(H,23,24,25). The number of benzene rings is 1. The average molecular weight is 410 g/mol. The average Bonchev–Trinajstić information content (AvgIpc) is 3.48. The number of aromatic nitrogens is 3. The van der Waals surface area contributed by atoms with E-state index in [2.05, 4.69) is 20.3 Å². The molecule has 0 radical (unpaired) electrons. The molecular weight excluding hydrogens is 388 g/mol. The molecule has 0 aliphatic heterocycles. The number of aromatic amines is 1. The summed E-state index contributed by atoms with van der Waals surface area (Å²) in [7, 11) is 1.33. The molecule has 29 heavy (non-hydrogen) atoms. The van der Waals surface area contributed by atoms with Gasteiger partial charge >= 0.3 is 5.97 Å². The molecule has 150 valence electrons. The number of ether oxygens (including phenoxy) is 1. The Kier molecular flexibility index (Phi) is 5.27. The molecule has 0 atom stereocenters. The molecule has 1 aliphatic carbocycles. The molecule has 8 heteroatoms. The fourth-order valence-electron chi connectivity index (χ4n) is 3.29. The van der Waals surface area contributed by atoms with Crippen molar-refractivity contribution >= 4 is 40.2 Å². The summed E-state index contributed by atoms with van der Waals surface area (Å²) in [5, 5.41) is 4.98. The number of H-pyrrole nitrogens is 1. The molecule has 1 saturated carbocycles. The third-order valence-electron chi connectivity index (χ3n) is 4.94. The minimum atomic E-state index is -0.448. The zero-order valence-electron chi connectivity index (χ0n) is 16.5. The quantitative estimate of drug-likeness (QED) is 0.264. The van der Waals surface area contributed by atoms with Gasteiger partial charge in [0.15, 0.2) is 10.9 Å². The van der Waals surface area contributed by atoms with Crippen LogP contribution in [0.15, 0.2) is 29.4 Å². The van der Waals surface area contributed by atoms with Crippen LogP contribution < -0.4 is 5.32 Å². The van der Waals surface area contributed by atoms with Crippen LogP contribution in [0.2, 0.25) is 0 Å². The normalized spacial score (nSPS) is 13.5. The second-order valence-corrected chi connectivity index (χ2v) is 8.06.